The van der Waals surface area contributed by atoms with Crippen LogP contribution in [-0.2, 0) is 17.5 Å². The number of rotatable bonds is 5. The highest BCUT2D eigenvalue weighted by Crippen LogP contribution is 2.30. The molecule has 128 valence electrons. The lowest BCUT2D eigenvalue weighted by molar-refractivity contribution is -0.137. The number of carbonyl (C=O) groups is 1. The summed E-state index contributed by atoms with van der Waals surface area (Å²) >= 11 is 0. The van der Waals surface area contributed by atoms with Crippen molar-refractivity contribution in [3.05, 3.63) is 70.8 Å². The predicted molar refractivity (Wildman–Crippen MR) is 84.5 cm³/mol. The molecule has 2 aromatic carbocycles. The summed E-state index contributed by atoms with van der Waals surface area (Å²) in [5.41, 5.74) is 1.04. The molecule has 2 rings (SSSR count). The monoisotopic (exact) mass is 337 g/mol. The molecule has 1 atom stereocenters. The second-order valence-corrected chi connectivity index (χ2v) is 5.45. The standard InChI is InChI=1S/C18H18F3NO2/c1-12(15-4-3-5-16(10-15)18(19,20)21)22-17(23)14-8-6-13(7-9-14)11-24-2/h3-10,12H,11H2,1-2H3,(H,22,23)/t12-/m1/s1. The fourth-order valence-corrected chi connectivity index (χ4v) is 2.27. The minimum Gasteiger partial charge on any atom is -0.380 e. The van der Waals surface area contributed by atoms with Crippen LogP contribution in [0.25, 0.3) is 0 Å². The molecule has 0 bridgehead atoms. The van der Waals surface area contributed by atoms with E-state index in [9.17, 15) is 18.0 Å². The van der Waals surface area contributed by atoms with Crippen LogP contribution in [0.3, 0.4) is 0 Å². The van der Waals surface area contributed by atoms with E-state index >= 15 is 0 Å². The number of hydrogen-bond donors (Lipinski definition) is 1. The van der Waals surface area contributed by atoms with Crippen LogP contribution in [0.15, 0.2) is 48.5 Å². The van der Waals surface area contributed by atoms with E-state index in [1.165, 1.54) is 6.07 Å². The Morgan fingerprint density at radius 1 is 1.17 bits per heavy atom. The summed E-state index contributed by atoms with van der Waals surface area (Å²) in [5, 5.41) is 2.71. The maximum Gasteiger partial charge on any atom is 0.416 e. The normalized spacial score (nSPS) is 12.7. The molecular weight excluding hydrogens is 319 g/mol. The second kappa shape index (κ2) is 7.49. The maximum absolute atomic E-state index is 12.8. The van der Waals surface area contributed by atoms with E-state index in [-0.39, 0.29) is 5.91 Å². The number of amides is 1. The zero-order valence-corrected chi connectivity index (χ0v) is 13.4. The van der Waals surface area contributed by atoms with E-state index < -0.39 is 17.8 Å². The Hall–Kier alpha value is -2.34. The van der Waals surface area contributed by atoms with E-state index in [1.54, 1.807) is 44.4 Å². The van der Waals surface area contributed by atoms with Crippen molar-refractivity contribution < 1.29 is 22.7 Å². The van der Waals surface area contributed by atoms with Gasteiger partial charge in [-0.15, -0.1) is 0 Å². The molecule has 0 spiro atoms. The molecule has 0 unspecified atom stereocenters. The molecular formula is C18H18F3NO2. The zero-order valence-electron chi connectivity index (χ0n) is 13.4. The van der Waals surface area contributed by atoms with Crippen LogP contribution in [0.5, 0.6) is 0 Å². The average molecular weight is 337 g/mol. The van der Waals surface area contributed by atoms with Crippen LogP contribution in [-0.4, -0.2) is 13.0 Å². The Morgan fingerprint density at radius 3 is 2.42 bits per heavy atom. The van der Waals surface area contributed by atoms with Crippen molar-refractivity contribution in [3.63, 3.8) is 0 Å². The molecule has 0 saturated heterocycles. The molecule has 1 amide bonds. The Morgan fingerprint density at radius 2 is 1.83 bits per heavy atom. The van der Waals surface area contributed by atoms with Gasteiger partial charge in [-0.05, 0) is 42.3 Å². The van der Waals surface area contributed by atoms with Crippen molar-refractivity contribution in [1.82, 2.24) is 5.32 Å². The Balaban J connectivity index is 2.08. The van der Waals surface area contributed by atoms with Crippen molar-refractivity contribution in [2.45, 2.75) is 25.7 Å². The topological polar surface area (TPSA) is 38.3 Å². The van der Waals surface area contributed by atoms with Gasteiger partial charge in [-0.2, -0.15) is 13.2 Å². The molecule has 0 aromatic heterocycles. The molecule has 1 N–H and O–H groups in total. The Kier molecular flexibility index (Phi) is 5.62. The van der Waals surface area contributed by atoms with E-state index in [2.05, 4.69) is 5.32 Å². The summed E-state index contributed by atoms with van der Waals surface area (Å²) < 4.78 is 43.3. The van der Waals surface area contributed by atoms with Crippen molar-refractivity contribution in [2.24, 2.45) is 0 Å². The van der Waals surface area contributed by atoms with E-state index in [0.717, 1.165) is 17.7 Å². The summed E-state index contributed by atoms with van der Waals surface area (Å²) in [7, 11) is 1.58. The molecule has 0 aliphatic carbocycles. The molecule has 2 aromatic rings. The summed E-state index contributed by atoms with van der Waals surface area (Å²) in [6, 6.07) is 11.3. The first kappa shape index (κ1) is 18.0. The largest absolute Gasteiger partial charge is 0.416 e. The SMILES string of the molecule is COCc1ccc(C(=O)N[C@H](C)c2cccc(C(F)(F)F)c2)cc1. The van der Waals surface area contributed by atoms with Crippen LogP contribution in [0.4, 0.5) is 13.2 Å². The zero-order chi connectivity index (χ0) is 17.7. The number of benzene rings is 2. The second-order valence-electron chi connectivity index (χ2n) is 5.45. The molecule has 6 heteroatoms. The molecule has 0 heterocycles. The lowest BCUT2D eigenvalue weighted by atomic mass is 10.0. The summed E-state index contributed by atoms with van der Waals surface area (Å²) in [4.78, 5) is 12.2. The molecule has 0 fully saturated rings. The highest BCUT2D eigenvalue weighted by molar-refractivity contribution is 5.94. The molecule has 0 saturated carbocycles. The van der Waals surface area contributed by atoms with Crippen LogP contribution in [0.1, 0.15) is 40.0 Å². The highest BCUT2D eigenvalue weighted by Gasteiger charge is 2.30. The number of carbonyl (C=O) groups excluding carboxylic acids is 1. The fraction of sp³-hybridized carbons (Fsp3) is 0.278. The van der Waals surface area contributed by atoms with Gasteiger partial charge >= 0.3 is 6.18 Å². The minimum atomic E-state index is -4.41. The fourth-order valence-electron chi connectivity index (χ4n) is 2.27. The number of methoxy groups -OCH3 is 1. The first-order valence-electron chi connectivity index (χ1n) is 7.37. The number of alkyl halides is 3. The molecule has 24 heavy (non-hydrogen) atoms. The van der Waals surface area contributed by atoms with Crippen molar-refractivity contribution >= 4 is 5.91 Å². The van der Waals surface area contributed by atoms with Gasteiger partial charge in [-0.25, -0.2) is 0 Å². The maximum atomic E-state index is 12.8. The van der Waals surface area contributed by atoms with Gasteiger partial charge in [0.1, 0.15) is 0 Å². The Labute approximate surface area is 138 Å². The lowest BCUT2D eigenvalue weighted by Crippen LogP contribution is -2.26. The molecule has 0 radical (unpaired) electrons. The minimum absolute atomic E-state index is 0.344. The van der Waals surface area contributed by atoms with Gasteiger partial charge in [0.15, 0.2) is 0 Å². The van der Waals surface area contributed by atoms with Crippen molar-refractivity contribution in [2.75, 3.05) is 7.11 Å². The van der Waals surface area contributed by atoms with Crippen LogP contribution in [0.2, 0.25) is 0 Å². The van der Waals surface area contributed by atoms with E-state index in [4.69, 9.17) is 4.74 Å². The van der Waals surface area contributed by atoms with Gasteiger partial charge in [0, 0.05) is 12.7 Å². The highest BCUT2D eigenvalue weighted by atomic mass is 19.4. The van der Waals surface area contributed by atoms with E-state index in [1.807, 2.05) is 0 Å². The van der Waals surface area contributed by atoms with Gasteiger partial charge in [-0.1, -0.05) is 24.3 Å². The smallest absolute Gasteiger partial charge is 0.380 e. The first-order chi connectivity index (χ1) is 11.3. The van der Waals surface area contributed by atoms with Crippen LogP contribution >= 0.6 is 0 Å². The van der Waals surface area contributed by atoms with Gasteiger partial charge in [0.2, 0.25) is 0 Å². The van der Waals surface area contributed by atoms with Crippen molar-refractivity contribution in [1.29, 1.82) is 0 Å². The summed E-state index contributed by atoms with van der Waals surface area (Å²) in [5.74, 6) is -0.344. The number of ether oxygens (including phenoxy) is 1. The number of nitrogens with one attached hydrogen (secondary N) is 1. The van der Waals surface area contributed by atoms with Gasteiger partial charge < -0.3 is 10.1 Å². The molecule has 0 aliphatic heterocycles. The molecule has 0 aliphatic rings. The lowest BCUT2D eigenvalue weighted by Gasteiger charge is -2.16. The third-order valence-electron chi connectivity index (χ3n) is 3.59. The first-order valence-corrected chi connectivity index (χ1v) is 7.37. The summed E-state index contributed by atoms with van der Waals surface area (Å²) in [6.45, 7) is 2.09. The van der Waals surface area contributed by atoms with Gasteiger partial charge in [-0.3, -0.25) is 4.79 Å². The molecule has 3 nitrogen and oxygen atoms in total. The predicted octanol–water partition coefficient (Wildman–Crippen LogP) is 4.34. The number of hydrogen-bond acceptors (Lipinski definition) is 2. The van der Waals surface area contributed by atoms with Crippen LogP contribution in [0, 0.1) is 0 Å². The number of halogens is 3. The van der Waals surface area contributed by atoms with Crippen LogP contribution < -0.4 is 5.32 Å². The third-order valence-corrected chi connectivity index (χ3v) is 3.59. The van der Waals surface area contributed by atoms with Crippen molar-refractivity contribution in [3.8, 4) is 0 Å². The van der Waals surface area contributed by atoms with E-state index in [0.29, 0.717) is 17.7 Å². The third kappa shape index (κ3) is 4.58. The average Bonchev–Trinajstić information content (AvgIpc) is 2.55. The quantitative estimate of drug-likeness (QED) is 0.881. The van der Waals surface area contributed by atoms with Gasteiger partial charge in [0.05, 0.1) is 18.2 Å². The Bertz CT molecular complexity index is 696. The summed E-state index contributed by atoms with van der Waals surface area (Å²) in [6.07, 6.45) is -4.41. The van der Waals surface area contributed by atoms with Gasteiger partial charge in [0.25, 0.3) is 5.91 Å².